The van der Waals surface area contributed by atoms with Gasteiger partial charge in [0, 0.05) is 37.2 Å². The van der Waals surface area contributed by atoms with Crippen molar-refractivity contribution in [3.8, 4) is 0 Å². The molecule has 2 aliphatic heterocycles. The highest BCUT2D eigenvalue weighted by Crippen LogP contribution is 2.36. The van der Waals surface area contributed by atoms with Gasteiger partial charge in [0.25, 0.3) is 0 Å². The van der Waals surface area contributed by atoms with E-state index in [1.54, 1.807) is 31.4 Å². The van der Waals surface area contributed by atoms with Gasteiger partial charge in [0.2, 0.25) is 0 Å². The van der Waals surface area contributed by atoms with Crippen LogP contribution in [-0.2, 0) is 0 Å². The molecule has 1 atom stereocenters. The van der Waals surface area contributed by atoms with Crippen LogP contribution in [0.1, 0.15) is 18.4 Å². The van der Waals surface area contributed by atoms with Gasteiger partial charge in [0.15, 0.2) is 11.3 Å². The Morgan fingerprint density at radius 2 is 2.21 bits per heavy atom. The van der Waals surface area contributed by atoms with Crippen LogP contribution >= 0.6 is 11.9 Å². The first-order chi connectivity index (χ1) is 13.7. The van der Waals surface area contributed by atoms with Crippen molar-refractivity contribution >= 4 is 23.5 Å². The van der Waals surface area contributed by atoms with E-state index in [-0.39, 0.29) is 0 Å². The minimum Gasteiger partial charge on any atom is -0.331 e. The number of nitrogens with zero attached hydrogens (tertiary/aromatic N) is 5. The highest BCUT2D eigenvalue weighted by molar-refractivity contribution is 8.01. The number of likely N-dealkylation sites (N-methyl/N-ethyl adjacent to an activating group) is 1. The summed E-state index contributed by atoms with van der Waals surface area (Å²) in [7, 11) is 3.93. The Hall–Kier alpha value is -2.36. The Labute approximate surface area is 169 Å². The van der Waals surface area contributed by atoms with Gasteiger partial charge in [-0.05, 0) is 56.9 Å². The molecule has 0 bridgehead atoms. The van der Waals surface area contributed by atoms with E-state index >= 15 is 0 Å². The van der Waals surface area contributed by atoms with Gasteiger partial charge in [-0.15, -0.1) is 0 Å². The van der Waals surface area contributed by atoms with Gasteiger partial charge < -0.3 is 10.6 Å². The predicted molar refractivity (Wildman–Crippen MR) is 113 cm³/mol. The van der Waals surface area contributed by atoms with Crippen molar-refractivity contribution in [1.82, 2.24) is 29.4 Å². The predicted octanol–water partition coefficient (Wildman–Crippen LogP) is 1.87. The van der Waals surface area contributed by atoms with E-state index in [1.807, 2.05) is 17.0 Å². The van der Waals surface area contributed by atoms with Crippen LogP contribution < -0.4 is 16.1 Å². The zero-order chi connectivity index (χ0) is 19.5. The van der Waals surface area contributed by atoms with Crippen LogP contribution in [0.15, 0.2) is 47.5 Å². The smallest absolute Gasteiger partial charge is 0.175 e. The number of H-pyrrole nitrogens is 1. The number of piperidine rings is 1. The van der Waals surface area contributed by atoms with E-state index < -0.39 is 0 Å². The second-order valence-electron chi connectivity index (χ2n) is 7.00. The molecule has 4 rings (SSSR count). The number of hydrogen-bond acceptors (Lipinski definition) is 7. The summed E-state index contributed by atoms with van der Waals surface area (Å²) in [6, 6.07) is 0.438. The molecule has 4 heterocycles. The number of aromatic amines is 1. The summed E-state index contributed by atoms with van der Waals surface area (Å²) >= 11 is 1.73. The van der Waals surface area contributed by atoms with Crippen LogP contribution in [0.25, 0.3) is 5.70 Å². The van der Waals surface area contributed by atoms with Crippen LogP contribution in [0.5, 0.6) is 0 Å². The van der Waals surface area contributed by atoms with Gasteiger partial charge in [0.05, 0.1) is 16.9 Å². The molecule has 0 saturated carbocycles. The minimum absolute atomic E-state index is 0.438. The van der Waals surface area contributed by atoms with E-state index in [0.29, 0.717) is 17.8 Å². The SMILES string of the molecule is C=C(c1cn[nH]c1)n1ccnc(NC2=CC(C3CCNCC3)N(C)S2)c1=NC. The van der Waals surface area contributed by atoms with Crippen LogP contribution in [0.3, 0.4) is 0 Å². The fourth-order valence-electron chi connectivity index (χ4n) is 3.79. The van der Waals surface area contributed by atoms with Gasteiger partial charge in [-0.1, -0.05) is 6.58 Å². The molecule has 1 fully saturated rings. The molecule has 8 nitrogen and oxygen atoms in total. The number of anilines is 1. The maximum absolute atomic E-state index is 4.53. The largest absolute Gasteiger partial charge is 0.331 e. The second kappa shape index (κ2) is 8.34. The van der Waals surface area contributed by atoms with Gasteiger partial charge in [-0.2, -0.15) is 5.10 Å². The first-order valence-electron chi connectivity index (χ1n) is 9.46. The zero-order valence-corrected chi connectivity index (χ0v) is 17.0. The lowest BCUT2D eigenvalue weighted by molar-refractivity contribution is 0.274. The minimum atomic E-state index is 0.438. The van der Waals surface area contributed by atoms with Crippen LogP contribution in [-0.4, -0.2) is 57.3 Å². The van der Waals surface area contributed by atoms with Crippen molar-refractivity contribution in [2.24, 2.45) is 10.9 Å². The summed E-state index contributed by atoms with van der Waals surface area (Å²) in [5, 5.41) is 14.8. The molecule has 2 aromatic rings. The quantitative estimate of drug-likeness (QED) is 0.667. The molecule has 148 valence electrons. The van der Waals surface area contributed by atoms with E-state index in [2.05, 4.69) is 54.8 Å². The lowest BCUT2D eigenvalue weighted by Crippen LogP contribution is -2.37. The summed E-state index contributed by atoms with van der Waals surface area (Å²) in [6.07, 6.45) is 11.9. The number of aromatic nitrogens is 4. The second-order valence-corrected chi connectivity index (χ2v) is 8.20. The van der Waals surface area contributed by atoms with Crippen molar-refractivity contribution in [2.45, 2.75) is 18.9 Å². The first kappa shape index (κ1) is 19.0. The normalized spacial score (nSPS) is 21.7. The fourth-order valence-corrected chi connectivity index (χ4v) is 4.80. The van der Waals surface area contributed by atoms with Crippen molar-refractivity contribution in [3.05, 3.63) is 53.5 Å². The summed E-state index contributed by atoms with van der Waals surface area (Å²) in [5.74, 6) is 1.40. The lowest BCUT2D eigenvalue weighted by atomic mass is 9.90. The highest BCUT2D eigenvalue weighted by Gasteiger charge is 2.31. The Kier molecular flexibility index (Phi) is 5.65. The molecular weight excluding hydrogens is 372 g/mol. The molecule has 0 amide bonds. The van der Waals surface area contributed by atoms with Gasteiger partial charge in [-0.3, -0.25) is 14.7 Å². The zero-order valence-electron chi connectivity index (χ0n) is 16.2. The maximum Gasteiger partial charge on any atom is 0.175 e. The van der Waals surface area contributed by atoms with Crippen LogP contribution in [0.4, 0.5) is 5.82 Å². The third-order valence-electron chi connectivity index (χ3n) is 5.29. The maximum atomic E-state index is 4.53. The lowest BCUT2D eigenvalue weighted by Gasteiger charge is -2.30. The van der Waals surface area contributed by atoms with E-state index in [0.717, 1.165) is 34.9 Å². The summed E-state index contributed by atoms with van der Waals surface area (Å²) < 4.78 is 4.26. The van der Waals surface area contributed by atoms with Crippen molar-refractivity contribution in [1.29, 1.82) is 0 Å². The van der Waals surface area contributed by atoms with Crippen LogP contribution in [0.2, 0.25) is 0 Å². The van der Waals surface area contributed by atoms with Crippen LogP contribution in [0, 0.1) is 5.92 Å². The van der Waals surface area contributed by atoms with E-state index in [1.165, 1.54) is 12.8 Å². The third-order valence-corrected chi connectivity index (χ3v) is 6.25. The molecule has 0 aliphatic carbocycles. The topological polar surface area (TPSA) is 86.2 Å². The molecule has 1 unspecified atom stereocenters. The first-order valence-corrected chi connectivity index (χ1v) is 10.2. The Morgan fingerprint density at radius 3 is 2.93 bits per heavy atom. The fraction of sp³-hybridized carbons (Fsp3) is 0.421. The van der Waals surface area contributed by atoms with Gasteiger partial charge in [-0.25, -0.2) is 9.29 Å². The van der Waals surface area contributed by atoms with Crippen molar-refractivity contribution < 1.29 is 0 Å². The van der Waals surface area contributed by atoms with Crippen molar-refractivity contribution in [2.75, 3.05) is 32.5 Å². The molecule has 0 aromatic carbocycles. The monoisotopic (exact) mass is 398 g/mol. The third kappa shape index (κ3) is 3.78. The molecule has 3 N–H and O–H groups in total. The molecule has 28 heavy (non-hydrogen) atoms. The molecule has 2 aromatic heterocycles. The van der Waals surface area contributed by atoms with E-state index in [4.69, 9.17) is 0 Å². The van der Waals surface area contributed by atoms with E-state index in [9.17, 15) is 0 Å². The number of nitrogens with one attached hydrogen (secondary N) is 3. The number of hydrogen-bond donors (Lipinski definition) is 3. The standard InChI is InChI=1S/C19H26N8S/c1-13(15-11-23-24-12-15)27-9-8-22-18(19(27)20-2)25-17-10-16(26(3)28-17)14-4-6-21-7-5-14/h8-12,14,16,21H,1,4-7H2,2-3H3,(H,22,25)(H,23,24). The molecule has 1 saturated heterocycles. The molecule has 2 aliphatic rings. The molecular formula is C19H26N8S. The highest BCUT2D eigenvalue weighted by atomic mass is 32.2. The van der Waals surface area contributed by atoms with Gasteiger partial charge >= 0.3 is 0 Å². The molecule has 0 radical (unpaired) electrons. The summed E-state index contributed by atoms with van der Waals surface area (Å²) in [6.45, 7) is 6.39. The van der Waals surface area contributed by atoms with Crippen molar-refractivity contribution in [3.63, 3.8) is 0 Å². The van der Waals surface area contributed by atoms with Gasteiger partial charge in [0.1, 0.15) is 0 Å². The molecule has 9 heteroatoms. The average molecular weight is 399 g/mol. The Bertz CT molecular complexity index is 924. The Morgan fingerprint density at radius 1 is 1.39 bits per heavy atom. The summed E-state index contributed by atoms with van der Waals surface area (Å²) in [4.78, 5) is 8.99. The summed E-state index contributed by atoms with van der Waals surface area (Å²) in [5.41, 5.74) is 2.42. The molecule has 0 spiro atoms. The Balaban J connectivity index is 1.58. The number of rotatable bonds is 5. The average Bonchev–Trinajstić information content (AvgIpc) is 3.38.